The van der Waals surface area contributed by atoms with Crippen molar-refractivity contribution in [2.75, 3.05) is 18.0 Å². The first-order valence-corrected chi connectivity index (χ1v) is 7.08. The number of rotatable bonds is 4. The third kappa shape index (κ3) is 3.62. The van der Waals surface area contributed by atoms with Gasteiger partial charge in [0.05, 0.1) is 18.7 Å². The lowest BCUT2D eigenvalue weighted by Crippen LogP contribution is -2.54. The number of benzene rings is 1. The lowest BCUT2D eigenvalue weighted by Gasteiger charge is -2.40. The van der Waals surface area contributed by atoms with Crippen molar-refractivity contribution in [1.29, 1.82) is 0 Å². The molecule has 0 atom stereocenters. The minimum atomic E-state index is -4.68. The molecule has 1 aliphatic heterocycles. The van der Waals surface area contributed by atoms with Gasteiger partial charge in [0, 0.05) is 18.5 Å². The number of aromatic nitrogens is 2. The third-order valence-electron chi connectivity index (χ3n) is 3.53. The van der Waals surface area contributed by atoms with Gasteiger partial charge in [-0.15, -0.1) is 0 Å². The number of hydrogen-bond donors (Lipinski definition) is 1. The molecular formula is C15H11F4N3O3. The number of alkyl halides is 3. The molecular weight excluding hydrogens is 346 g/mol. The summed E-state index contributed by atoms with van der Waals surface area (Å²) in [6, 6.07) is 1.97. The van der Waals surface area contributed by atoms with Crippen LogP contribution in [0.5, 0.6) is 5.75 Å². The van der Waals surface area contributed by atoms with Gasteiger partial charge in [-0.1, -0.05) is 0 Å². The van der Waals surface area contributed by atoms with E-state index in [2.05, 4.69) is 9.97 Å². The maximum atomic E-state index is 13.3. The van der Waals surface area contributed by atoms with Crippen LogP contribution in [0.2, 0.25) is 0 Å². The molecule has 132 valence electrons. The summed E-state index contributed by atoms with van der Waals surface area (Å²) in [5.74, 6) is -2.39. The molecule has 25 heavy (non-hydrogen) atoms. The van der Waals surface area contributed by atoms with Crippen LogP contribution in [-0.4, -0.2) is 40.2 Å². The SMILES string of the molecule is O=C(O)c1nccnc1N1CC(Oc2cc(F)cc(C(F)(F)F)c2)C1. The van der Waals surface area contributed by atoms with Gasteiger partial charge in [-0.25, -0.2) is 19.2 Å². The molecule has 1 aromatic carbocycles. The van der Waals surface area contributed by atoms with Crippen LogP contribution < -0.4 is 9.64 Å². The first-order valence-electron chi connectivity index (χ1n) is 7.08. The Morgan fingerprint density at radius 1 is 1.20 bits per heavy atom. The molecule has 0 radical (unpaired) electrons. The van der Waals surface area contributed by atoms with E-state index in [1.807, 2.05) is 0 Å². The predicted octanol–water partition coefficient (Wildman–Crippen LogP) is 2.60. The van der Waals surface area contributed by atoms with Crippen molar-refractivity contribution in [3.8, 4) is 5.75 Å². The molecule has 1 aromatic heterocycles. The Morgan fingerprint density at radius 3 is 2.52 bits per heavy atom. The number of hydrogen-bond acceptors (Lipinski definition) is 5. The molecule has 1 N–H and O–H groups in total. The molecule has 0 amide bonds. The molecule has 6 nitrogen and oxygen atoms in total. The average Bonchev–Trinajstić information content (AvgIpc) is 2.49. The number of anilines is 1. The van der Waals surface area contributed by atoms with Crippen LogP contribution in [0.15, 0.2) is 30.6 Å². The number of carboxylic acids is 1. The second-order valence-electron chi connectivity index (χ2n) is 5.35. The number of aromatic carboxylic acids is 1. The van der Waals surface area contributed by atoms with E-state index in [1.165, 1.54) is 12.4 Å². The van der Waals surface area contributed by atoms with E-state index in [1.54, 1.807) is 4.90 Å². The van der Waals surface area contributed by atoms with Crippen molar-refractivity contribution in [2.45, 2.75) is 12.3 Å². The topological polar surface area (TPSA) is 75.5 Å². The Hall–Kier alpha value is -2.91. The van der Waals surface area contributed by atoms with Crippen LogP contribution in [0.3, 0.4) is 0 Å². The fourth-order valence-corrected chi connectivity index (χ4v) is 2.39. The molecule has 2 heterocycles. The Morgan fingerprint density at radius 2 is 1.88 bits per heavy atom. The second-order valence-corrected chi connectivity index (χ2v) is 5.35. The molecule has 1 fully saturated rings. The smallest absolute Gasteiger partial charge is 0.416 e. The largest absolute Gasteiger partial charge is 0.487 e. The van der Waals surface area contributed by atoms with E-state index in [4.69, 9.17) is 9.84 Å². The van der Waals surface area contributed by atoms with Gasteiger partial charge in [0.25, 0.3) is 0 Å². The van der Waals surface area contributed by atoms with Crippen molar-refractivity contribution in [3.63, 3.8) is 0 Å². The zero-order valence-electron chi connectivity index (χ0n) is 12.5. The van der Waals surface area contributed by atoms with Crippen LogP contribution in [-0.2, 0) is 6.18 Å². The number of nitrogens with zero attached hydrogens (tertiary/aromatic N) is 3. The Bertz CT molecular complexity index is 807. The zero-order valence-corrected chi connectivity index (χ0v) is 12.5. The average molecular weight is 357 g/mol. The summed E-state index contributed by atoms with van der Waals surface area (Å²) in [5, 5.41) is 9.06. The second kappa shape index (κ2) is 6.19. The molecule has 0 aliphatic carbocycles. The summed E-state index contributed by atoms with van der Waals surface area (Å²) in [4.78, 5) is 20.3. The van der Waals surface area contributed by atoms with Crippen molar-refractivity contribution in [1.82, 2.24) is 9.97 Å². The quantitative estimate of drug-likeness (QED) is 0.848. The Labute approximate surface area is 138 Å². The maximum Gasteiger partial charge on any atom is 0.416 e. The number of carbonyl (C=O) groups is 1. The Balaban J connectivity index is 1.69. The maximum absolute atomic E-state index is 13.3. The molecule has 0 saturated carbocycles. The minimum absolute atomic E-state index is 0.144. The van der Waals surface area contributed by atoms with Crippen LogP contribution in [0.4, 0.5) is 23.4 Å². The van der Waals surface area contributed by atoms with Gasteiger partial charge in [0.1, 0.15) is 17.7 Å². The summed E-state index contributed by atoms with van der Waals surface area (Å²) in [5.41, 5.74) is -1.37. The van der Waals surface area contributed by atoms with Gasteiger partial charge in [-0.2, -0.15) is 13.2 Å². The van der Waals surface area contributed by atoms with Crippen LogP contribution in [0.1, 0.15) is 16.1 Å². The molecule has 0 spiro atoms. The van der Waals surface area contributed by atoms with Crippen molar-refractivity contribution < 1.29 is 32.2 Å². The van der Waals surface area contributed by atoms with Gasteiger partial charge in [-0.3, -0.25) is 0 Å². The van der Waals surface area contributed by atoms with E-state index >= 15 is 0 Å². The first kappa shape index (κ1) is 16.9. The first-order chi connectivity index (χ1) is 11.7. The van der Waals surface area contributed by atoms with E-state index in [-0.39, 0.29) is 30.4 Å². The summed E-state index contributed by atoms with van der Waals surface area (Å²) in [7, 11) is 0. The van der Waals surface area contributed by atoms with E-state index in [0.717, 1.165) is 12.1 Å². The molecule has 2 aromatic rings. The third-order valence-corrected chi connectivity index (χ3v) is 3.53. The van der Waals surface area contributed by atoms with E-state index in [9.17, 15) is 22.4 Å². The molecule has 1 aliphatic rings. The van der Waals surface area contributed by atoms with Gasteiger partial charge >= 0.3 is 12.1 Å². The fourth-order valence-electron chi connectivity index (χ4n) is 2.39. The Kier molecular flexibility index (Phi) is 4.19. The van der Waals surface area contributed by atoms with Crippen molar-refractivity contribution in [2.24, 2.45) is 0 Å². The van der Waals surface area contributed by atoms with E-state index < -0.39 is 29.6 Å². The highest BCUT2D eigenvalue weighted by molar-refractivity contribution is 5.91. The minimum Gasteiger partial charge on any atom is -0.487 e. The summed E-state index contributed by atoms with van der Waals surface area (Å²) < 4.78 is 56.7. The summed E-state index contributed by atoms with van der Waals surface area (Å²) >= 11 is 0. The molecule has 3 rings (SSSR count). The highest BCUT2D eigenvalue weighted by atomic mass is 19.4. The van der Waals surface area contributed by atoms with Gasteiger partial charge in [0.15, 0.2) is 11.5 Å². The molecule has 10 heteroatoms. The van der Waals surface area contributed by atoms with Gasteiger partial charge in [0.2, 0.25) is 0 Å². The zero-order chi connectivity index (χ0) is 18.2. The van der Waals surface area contributed by atoms with Gasteiger partial charge in [-0.05, 0) is 12.1 Å². The monoisotopic (exact) mass is 357 g/mol. The lowest BCUT2D eigenvalue weighted by atomic mass is 10.1. The van der Waals surface area contributed by atoms with Crippen molar-refractivity contribution in [3.05, 3.63) is 47.7 Å². The standard InChI is InChI=1S/C15H11F4N3O3/c16-9-3-8(15(17,18)19)4-10(5-9)25-11-6-22(7-11)13-12(14(23)24)20-1-2-21-13/h1-5,11H,6-7H2,(H,23,24). The molecule has 1 saturated heterocycles. The number of ether oxygens (including phenoxy) is 1. The fraction of sp³-hybridized carbons (Fsp3) is 0.267. The van der Waals surface area contributed by atoms with Gasteiger partial charge < -0.3 is 14.7 Å². The normalized spacial score (nSPS) is 15.0. The highest BCUT2D eigenvalue weighted by Gasteiger charge is 2.35. The number of carboxylic acid groups (broad SMARTS) is 1. The molecule has 0 bridgehead atoms. The van der Waals surface area contributed by atoms with Crippen LogP contribution in [0.25, 0.3) is 0 Å². The molecule has 0 unspecified atom stereocenters. The van der Waals surface area contributed by atoms with Crippen LogP contribution in [0, 0.1) is 5.82 Å². The van der Waals surface area contributed by atoms with E-state index in [0.29, 0.717) is 6.07 Å². The van der Waals surface area contributed by atoms with Crippen LogP contribution >= 0.6 is 0 Å². The lowest BCUT2D eigenvalue weighted by molar-refractivity contribution is -0.137. The summed E-state index contributed by atoms with van der Waals surface area (Å²) in [6.07, 6.45) is -2.63. The predicted molar refractivity (Wildman–Crippen MR) is 77.0 cm³/mol. The highest BCUT2D eigenvalue weighted by Crippen LogP contribution is 2.33. The summed E-state index contributed by atoms with van der Waals surface area (Å²) in [6.45, 7) is 0.383. The number of halogens is 4. The van der Waals surface area contributed by atoms with Crippen molar-refractivity contribution >= 4 is 11.8 Å².